The Morgan fingerprint density at radius 3 is 3.00 bits per heavy atom. The minimum atomic E-state index is 0.634. The van der Waals surface area contributed by atoms with Gasteiger partial charge in [-0.15, -0.1) is 0 Å². The first-order valence-corrected chi connectivity index (χ1v) is 7.93. The summed E-state index contributed by atoms with van der Waals surface area (Å²) in [7, 11) is 0. The van der Waals surface area contributed by atoms with Crippen molar-refractivity contribution in [3.63, 3.8) is 0 Å². The van der Waals surface area contributed by atoms with Crippen LogP contribution in [0.2, 0.25) is 0 Å². The molecule has 2 nitrogen and oxygen atoms in total. The van der Waals surface area contributed by atoms with E-state index in [0.29, 0.717) is 10.7 Å². The van der Waals surface area contributed by atoms with Crippen molar-refractivity contribution in [1.29, 1.82) is 0 Å². The van der Waals surface area contributed by atoms with Gasteiger partial charge >= 0.3 is 0 Å². The van der Waals surface area contributed by atoms with Gasteiger partial charge in [0.05, 0.1) is 12.8 Å². The quantitative estimate of drug-likeness (QED) is 0.595. The summed E-state index contributed by atoms with van der Waals surface area (Å²) < 4.78 is 5.67. The van der Waals surface area contributed by atoms with Crippen molar-refractivity contribution in [3.05, 3.63) is 24.0 Å². The smallest absolute Gasteiger partial charge is 0.137 e. The third-order valence-corrected chi connectivity index (χ3v) is 4.37. The van der Waals surface area contributed by atoms with E-state index in [1.807, 2.05) is 12.4 Å². The molecule has 18 heavy (non-hydrogen) atoms. The molecular formula is C15H22BrNO. The highest BCUT2D eigenvalue weighted by molar-refractivity contribution is 9.09. The number of rotatable bonds is 4. The first-order chi connectivity index (χ1) is 8.79. The Morgan fingerprint density at radius 1 is 1.33 bits per heavy atom. The molecule has 1 heterocycles. The molecule has 100 valence electrons. The Bertz CT molecular complexity index is 369. The van der Waals surface area contributed by atoms with Gasteiger partial charge in [0.15, 0.2) is 0 Å². The molecule has 0 radical (unpaired) electrons. The molecule has 0 aromatic carbocycles. The van der Waals surface area contributed by atoms with Crippen LogP contribution in [0.5, 0.6) is 5.75 Å². The van der Waals surface area contributed by atoms with E-state index < -0.39 is 0 Å². The molecule has 0 saturated heterocycles. The van der Waals surface area contributed by atoms with Crippen LogP contribution in [0.25, 0.3) is 0 Å². The highest BCUT2D eigenvalue weighted by Crippen LogP contribution is 2.35. The number of hydrogen-bond donors (Lipinski definition) is 0. The van der Waals surface area contributed by atoms with E-state index in [-0.39, 0.29) is 0 Å². The van der Waals surface area contributed by atoms with Crippen molar-refractivity contribution < 1.29 is 4.74 Å². The predicted molar refractivity (Wildman–Crippen MR) is 78.6 cm³/mol. The highest BCUT2D eigenvalue weighted by Gasteiger charge is 2.20. The Kier molecular flexibility index (Phi) is 5.48. The van der Waals surface area contributed by atoms with Gasteiger partial charge in [0, 0.05) is 11.0 Å². The van der Waals surface area contributed by atoms with Crippen LogP contribution in [-0.2, 0) is 0 Å². The molecule has 3 heteroatoms. The molecule has 2 rings (SSSR count). The van der Waals surface area contributed by atoms with Crippen molar-refractivity contribution >= 4 is 15.9 Å². The van der Waals surface area contributed by atoms with Crippen molar-refractivity contribution in [3.8, 4) is 5.75 Å². The largest absolute Gasteiger partial charge is 0.492 e. The zero-order valence-corrected chi connectivity index (χ0v) is 12.7. The van der Waals surface area contributed by atoms with Crippen LogP contribution in [-0.4, -0.2) is 16.4 Å². The molecule has 0 bridgehead atoms. The third kappa shape index (κ3) is 3.98. The topological polar surface area (TPSA) is 22.1 Å². The number of nitrogens with zero attached hydrogens (tertiary/aromatic N) is 1. The maximum atomic E-state index is 5.67. The average molecular weight is 312 g/mol. The summed E-state index contributed by atoms with van der Waals surface area (Å²) in [5.74, 6) is 1.55. The minimum absolute atomic E-state index is 0.634. The van der Waals surface area contributed by atoms with Crippen molar-refractivity contribution in [2.24, 2.45) is 0 Å². The van der Waals surface area contributed by atoms with E-state index in [2.05, 4.69) is 33.9 Å². The van der Waals surface area contributed by atoms with E-state index >= 15 is 0 Å². The van der Waals surface area contributed by atoms with Crippen LogP contribution in [0.1, 0.15) is 56.9 Å². The van der Waals surface area contributed by atoms with E-state index in [1.165, 1.54) is 37.7 Å². The maximum Gasteiger partial charge on any atom is 0.137 e. The van der Waals surface area contributed by atoms with Gasteiger partial charge in [0.1, 0.15) is 5.75 Å². The van der Waals surface area contributed by atoms with Crippen molar-refractivity contribution in [1.82, 2.24) is 4.98 Å². The van der Waals surface area contributed by atoms with Gasteiger partial charge in [0.2, 0.25) is 0 Å². The third-order valence-electron chi connectivity index (χ3n) is 3.54. The Balaban J connectivity index is 2.06. The second kappa shape index (κ2) is 7.13. The summed E-state index contributed by atoms with van der Waals surface area (Å²) in [6.07, 6.45) is 11.3. The zero-order valence-electron chi connectivity index (χ0n) is 11.1. The summed E-state index contributed by atoms with van der Waals surface area (Å²) >= 11 is 3.78. The van der Waals surface area contributed by atoms with E-state index in [1.54, 1.807) is 0 Å². The lowest BCUT2D eigenvalue weighted by Crippen LogP contribution is -2.05. The molecule has 0 amide bonds. The normalized spacial score (nSPS) is 24.6. The van der Waals surface area contributed by atoms with E-state index in [9.17, 15) is 0 Å². The summed E-state index contributed by atoms with van der Waals surface area (Å²) in [6, 6.07) is 2.18. The SMILES string of the molecule is CCCOc1cncc(C2CCCCC(Br)C2)c1. The average Bonchev–Trinajstić information content (AvgIpc) is 2.61. The monoisotopic (exact) mass is 311 g/mol. The molecule has 0 N–H and O–H groups in total. The van der Waals surface area contributed by atoms with Crippen LogP contribution >= 0.6 is 15.9 Å². The molecule has 1 aliphatic rings. The second-order valence-electron chi connectivity index (χ2n) is 5.12. The van der Waals surface area contributed by atoms with Crippen LogP contribution in [0.15, 0.2) is 18.5 Å². The van der Waals surface area contributed by atoms with Crippen LogP contribution in [0.4, 0.5) is 0 Å². The lowest BCUT2D eigenvalue weighted by atomic mass is 9.93. The van der Waals surface area contributed by atoms with Gasteiger partial charge < -0.3 is 4.74 Å². The molecule has 1 fully saturated rings. The first-order valence-electron chi connectivity index (χ1n) is 7.01. The maximum absolute atomic E-state index is 5.67. The molecule has 2 atom stereocenters. The van der Waals surface area contributed by atoms with Crippen LogP contribution in [0, 0.1) is 0 Å². The standard InChI is InChI=1S/C15H22BrNO/c1-2-7-18-15-9-13(10-17-11-15)12-5-3-4-6-14(16)8-12/h9-12,14H,2-8H2,1H3. The van der Waals surface area contributed by atoms with Gasteiger partial charge in [-0.2, -0.15) is 0 Å². The predicted octanol–water partition coefficient (Wildman–Crippen LogP) is 4.68. The Labute approximate surface area is 118 Å². The second-order valence-corrected chi connectivity index (χ2v) is 6.41. The fourth-order valence-electron chi connectivity index (χ4n) is 2.56. The zero-order chi connectivity index (χ0) is 12.8. The molecule has 2 unspecified atom stereocenters. The highest BCUT2D eigenvalue weighted by atomic mass is 79.9. The lowest BCUT2D eigenvalue weighted by molar-refractivity contribution is 0.315. The number of hydrogen-bond acceptors (Lipinski definition) is 2. The van der Waals surface area contributed by atoms with Crippen molar-refractivity contribution in [2.45, 2.75) is 56.2 Å². The van der Waals surface area contributed by atoms with Gasteiger partial charge in [0.25, 0.3) is 0 Å². The van der Waals surface area contributed by atoms with Crippen LogP contribution in [0.3, 0.4) is 0 Å². The fourth-order valence-corrected chi connectivity index (χ4v) is 3.34. The number of pyridine rings is 1. The summed E-state index contributed by atoms with van der Waals surface area (Å²) in [5.41, 5.74) is 1.34. The summed E-state index contributed by atoms with van der Waals surface area (Å²) in [6.45, 7) is 2.90. The Morgan fingerprint density at radius 2 is 2.17 bits per heavy atom. The van der Waals surface area contributed by atoms with Gasteiger partial charge in [-0.25, -0.2) is 0 Å². The fraction of sp³-hybridized carbons (Fsp3) is 0.667. The lowest BCUT2D eigenvalue weighted by Gasteiger charge is -2.17. The first kappa shape index (κ1) is 13.9. The number of aromatic nitrogens is 1. The Hall–Kier alpha value is -0.570. The summed E-state index contributed by atoms with van der Waals surface area (Å²) in [4.78, 5) is 4.99. The molecule has 0 spiro atoms. The molecule has 1 aromatic rings. The summed E-state index contributed by atoms with van der Waals surface area (Å²) in [5, 5.41) is 0. The van der Waals surface area contributed by atoms with Crippen molar-refractivity contribution in [2.75, 3.05) is 6.61 Å². The molecule has 1 aromatic heterocycles. The van der Waals surface area contributed by atoms with Gasteiger partial charge in [-0.3, -0.25) is 4.98 Å². The van der Waals surface area contributed by atoms with E-state index in [0.717, 1.165) is 18.8 Å². The number of alkyl halides is 1. The van der Waals surface area contributed by atoms with Gasteiger partial charge in [-0.05, 0) is 43.2 Å². The number of halogens is 1. The van der Waals surface area contributed by atoms with Gasteiger partial charge in [-0.1, -0.05) is 35.7 Å². The van der Waals surface area contributed by atoms with E-state index in [4.69, 9.17) is 4.74 Å². The molecular weight excluding hydrogens is 290 g/mol. The number of ether oxygens (including phenoxy) is 1. The minimum Gasteiger partial charge on any atom is -0.492 e. The molecule has 1 aliphatic carbocycles. The molecule has 0 aliphatic heterocycles. The van der Waals surface area contributed by atoms with Crippen LogP contribution < -0.4 is 4.74 Å². The molecule has 1 saturated carbocycles.